The molecular weight excluding hydrogens is 220 g/mol. The van der Waals surface area contributed by atoms with Crippen LogP contribution in [0.2, 0.25) is 0 Å². The fraction of sp³-hybridized carbons (Fsp3) is 0.636. The molecule has 1 fully saturated rings. The van der Waals surface area contributed by atoms with E-state index in [1.165, 1.54) is 12.8 Å². The third-order valence-corrected chi connectivity index (χ3v) is 2.64. The molecule has 1 heterocycles. The van der Waals surface area contributed by atoms with E-state index in [0.29, 0.717) is 30.7 Å². The maximum absolute atomic E-state index is 5.58. The maximum Gasteiger partial charge on any atom is 0.218 e. The van der Waals surface area contributed by atoms with E-state index in [1.807, 2.05) is 0 Å². The molecule has 3 N–H and O–H groups in total. The van der Waals surface area contributed by atoms with Crippen LogP contribution in [0.25, 0.3) is 0 Å². The van der Waals surface area contributed by atoms with Gasteiger partial charge in [0.1, 0.15) is 12.4 Å². The molecule has 1 aromatic heterocycles. The fourth-order valence-corrected chi connectivity index (χ4v) is 1.55. The first-order valence-electron chi connectivity index (χ1n) is 5.78. The van der Waals surface area contributed by atoms with Crippen LogP contribution in [-0.2, 0) is 11.3 Å². The first-order valence-corrected chi connectivity index (χ1v) is 5.78. The molecule has 1 aliphatic carbocycles. The largest absolute Gasteiger partial charge is 0.478 e. The van der Waals surface area contributed by atoms with Crippen LogP contribution in [0.5, 0.6) is 5.88 Å². The van der Waals surface area contributed by atoms with Gasteiger partial charge in [0.15, 0.2) is 5.82 Å². The van der Waals surface area contributed by atoms with Crippen molar-refractivity contribution in [3.8, 4) is 5.88 Å². The first kappa shape index (κ1) is 12.1. The number of anilines is 1. The van der Waals surface area contributed by atoms with E-state index >= 15 is 0 Å². The Morgan fingerprint density at radius 3 is 2.94 bits per heavy atom. The van der Waals surface area contributed by atoms with Gasteiger partial charge in [-0.05, 0) is 12.3 Å². The zero-order chi connectivity index (χ0) is 12.1. The van der Waals surface area contributed by atoms with Crippen molar-refractivity contribution < 1.29 is 9.47 Å². The van der Waals surface area contributed by atoms with Crippen molar-refractivity contribution >= 4 is 5.82 Å². The molecule has 94 valence electrons. The molecule has 2 rings (SSSR count). The minimum Gasteiger partial charge on any atom is -0.478 e. The van der Waals surface area contributed by atoms with E-state index in [4.69, 9.17) is 15.3 Å². The fourth-order valence-electron chi connectivity index (χ4n) is 1.55. The molecule has 0 radical (unpaired) electrons. The molecule has 0 atom stereocenters. The van der Waals surface area contributed by atoms with Crippen molar-refractivity contribution in [3.63, 3.8) is 0 Å². The average Bonchev–Trinajstić information content (AvgIpc) is 3.13. The summed E-state index contributed by atoms with van der Waals surface area (Å²) in [6.45, 7) is 1.03. The number of ether oxygens (including phenoxy) is 2. The number of nitrogen functional groups attached to an aromatic ring is 1. The van der Waals surface area contributed by atoms with Crippen molar-refractivity contribution in [2.45, 2.75) is 25.9 Å². The molecule has 6 nitrogen and oxygen atoms in total. The highest BCUT2D eigenvalue weighted by atomic mass is 16.5. The maximum atomic E-state index is 5.58. The highest BCUT2D eigenvalue weighted by Gasteiger charge is 2.20. The molecule has 0 bridgehead atoms. The first-order chi connectivity index (χ1) is 8.31. The van der Waals surface area contributed by atoms with Crippen molar-refractivity contribution in [2.24, 2.45) is 11.8 Å². The summed E-state index contributed by atoms with van der Waals surface area (Å²) in [6, 6.07) is 1.69. The Balaban J connectivity index is 1.94. The van der Waals surface area contributed by atoms with Gasteiger partial charge in [-0.25, -0.2) is 10.8 Å². The zero-order valence-corrected chi connectivity index (χ0v) is 9.98. The molecule has 0 unspecified atom stereocenters. The van der Waals surface area contributed by atoms with Gasteiger partial charge in [-0.3, -0.25) is 0 Å². The van der Waals surface area contributed by atoms with Crippen LogP contribution in [0.3, 0.4) is 0 Å². The van der Waals surface area contributed by atoms with Gasteiger partial charge >= 0.3 is 0 Å². The number of methoxy groups -OCH3 is 1. The number of nitrogens with zero attached hydrogens (tertiary/aromatic N) is 2. The van der Waals surface area contributed by atoms with E-state index in [-0.39, 0.29) is 0 Å². The van der Waals surface area contributed by atoms with Crippen LogP contribution >= 0.6 is 0 Å². The highest BCUT2D eigenvalue weighted by molar-refractivity contribution is 5.36. The second kappa shape index (κ2) is 5.79. The summed E-state index contributed by atoms with van der Waals surface area (Å²) in [5.74, 6) is 7.82. The molecular formula is C11H18N4O2. The van der Waals surface area contributed by atoms with Gasteiger partial charge in [0.05, 0.1) is 6.61 Å². The van der Waals surface area contributed by atoms with Crippen molar-refractivity contribution in [1.29, 1.82) is 0 Å². The van der Waals surface area contributed by atoms with Crippen LogP contribution in [0.4, 0.5) is 5.82 Å². The summed E-state index contributed by atoms with van der Waals surface area (Å²) >= 11 is 0. The normalized spacial score (nSPS) is 14.7. The minimum atomic E-state index is 0.342. The number of nitrogens with one attached hydrogen (secondary N) is 1. The Hall–Kier alpha value is -1.40. The topological polar surface area (TPSA) is 82.3 Å². The highest BCUT2D eigenvalue weighted by Crippen LogP contribution is 2.32. The molecule has 0 saturated heterocycles. The number of nitrogens with two attached hydrogens (primary N) is 1. The number of hydrazine groups is 1. The number of hydrogen-bond acceptors (Lipinski definition) is 6. The third-order valence-electron chi connectivity index (χ3n) is 2.64. The van der Waals surface area contributed by atoms with Crippen LogP contribution in [0.15, 0.2) is 6.07 Å². The van der Waals surface area contributed by atoms with E-state index in [2.05, 4.69) is 15.4 Å². The van der Waals surface area contributed by atoms with Crippen molar-refractivity contribution in [2.75, 3.05) is 19.1 Å². The second-order valence-electron chi connectivity index (χ2n) is 4.17. The molecule has 1 saturated carbocycles. The molecule has 17 heavy (non-hydrogen) atoms. The Labute approximate surface area is 101 Å². The molecule has 0 aromatic carbocycles. The smallest absolute Gasteiger partial charge is 0.218 e. The quantitative estimate of drug-likeness (QED) is 0.546. The lowest BCUT2D eigenvalue weighted by Crippen LogP contribution is -2.12. The SMILES string of the molecule is COCc1nc(NN)cc(OCCC2CC2)n1. The molecule has 0 amide bonds. The number of hydrogen-bond donors (Lipinski definition) is 2. The molecule has 0 aliphatic heterocycles. The Morgan fingerprint density at radius 1 is 1.47 bits per heavy atom. The average molecular weight is 238 g/mol. The van der Waals surface area contributed by atoms with E-state index in [0.717, 1.165) is 12.3 Å². The van der Waals surface area contributed by atoms with Crippen LogP contribution in [0, 0.1) is 5.92 Å². The summed E-state index contributed by atoms with van der Waals surface area (Å²) in [7, 11) is 1.60. The Bertz CT molecular complexity index is 368. The second-order valence-corrected chi connectivity index (χ2v) is 4.17. The third kappa shape index (κ3) is 3.83. The lowest BCUT2D eigenvalue weighted by atomic mass is 10.3. The number of rotatable bonds is 7. The summed E-state index contributed by atoms with van der Waals surface area (Å²) in [5, 5.41) is 0. The lowest BCUT2D eigenvalue weighted by Gasteiger charge is -2.08. The van der Waals surface area contributed by atoms with Crippen LogP contribution < -0.4 is 16.0 Å². The van der Waals surface area contributed by atoms with Crippen LogP contribution in [-0.4, -0.2) is 23.7 Å². The van der Waals surface area contributed by atoms with Gasteiger partial charge in [0.25, 0.3) is 0 Å². The molecule has 6 heteroatoms. The monoisotopic (exact) mass is 238 g/mol. The number of aromatic nitrogens is 2. The van der Waals surface area contributed by atoms with Crippen LogP contribution in [0.1, 0.15) is 25.1 Å². The van der Waals surface area contributed by atoms with E-state index < -0.39 is 0 Å². The standard InChI is InChI=1S/C11H18N4O2/c1-16-7-10-13-9(15-12)6-11(14-10)17-5-4-8-2-3-8/h6,8H,2-5,7,12H2,1H3,(H,13,14,15). The van der Waals surface area contributed by atoms with Gasteiger partial charge in [-0.15, -0.1) is 0 Å². The molecule has 1 aliphatic rings. The predicted octanol–water partition coefficient (Wildman–Crippen LogP) is 1.09. The van der Waals surface area contributed by atoms with Crippen molar-refractivity contribution in [1.82, 2.24) is 9.97 Å². The molecule has 0 spiro atoms. The van der Waals surface area contributed by atoms with Gasteiger partial charge in [0.2, 0.25) is 5.88 Å². The van der Waals surface area contributed by atoms with E-state index in [1.54, 1.807) is 13.2 Å². The minimum absolute atomic E-state index is 0.342. The van der Waals surface area contributed by atoms with Gasteiger partial charge in [0, 0.05) is 13.2 Å². The summed E-state index contributed by atoms with van der Waals surface area (Å²) < 4.78 is 10.6. The summed E-state index contributed by atoms with van der Waals surface area (Å²) in [6.07, 6.45) is 3.75. The lowest BCUT2D eigenvalue weighted by molar-refractivity contribution is 0.176. The Morgan fingerprint density at radius 2 is 2.29 bits per heavy atom. The van der Waals surface area contributed by atoms with Crippen molar-refractivity contribution in [3.05, 3.63) is 11.9 Å². The predicted molar refractivity (Wildman–Crippen MR) is 63.4 cm³/mol. The zero-order valence-electron chi connectivity index (χ0n) is 9.98. The van der Waals surface area contributed by atoms with Gasteiger partial charge in [-0.2, -0.15) is 4.98 Å². The Kier molecular flexibility index (Phi) is 4.11. The summed E-state index contributed by atoms with van der Waals surface area (Å²) in [4.78, 5) is 8.38. The van der Waals surface area contributed by atoms with E-state index in [9.17, 15) is 0 Å². The molecule has 1 aromatic rings. The van der Waals surface area contributed by atoms with Gasteiger partial charge in [-0.1, -0.05) is 12.8 Å². The summed E-state index contributed by atoms with van der Waals surface area (Å²) in [5.41, 5.74) is 2.49. The van der Waals surface area contributed by atoms with Gasteiger partial charge < -0.3 is 14.9 Å².